The lowest BCUT2D eigenvalue weighted by Gasteiger charge is -2.38. The standard InChI is InChI=1S/C45H37N3O4/c49-40-25-41(50)42-37-22-29-16-17-30(28-52-45(32-10-4-1-5-11-32,33-12-6-2-7-13-33)34-14-8-3-9-15-34)43(36(29)23-31-26-46-27-39(31)37)47-19-18-35-24-38(40)44(42)48-20-21-51-35/h1-15,20-24,26-27,30,48,50H,16-19,25,28H2. The molecule has 0 amide bonds. The molecule has 2 N–H and O–H groups in total. The number of carbonyl (C=O) groups excluding carboxylic acids is 1. The van der Waals surface area contributed by atoms with Gasteiger partial charge in [-0.1, -0.05) is 91.0 Å². The summed E-state index contributed by atoms with van der Waals surface area (Å²) in [6, 6.07) is 37.5. The van der Waals surface area contributed by atoms with Crippen molar-refractivity contribution in [3.05, 3.63) is 190 Å². The molecular weight excluding hydrogens is 647 g/mol. The van der Waals surface area contributed by atoms with Gasteiger partial charge in [0, 0.05) is 65.4 Å². The first kappa shape index (κ1) is 31.9. The number of ketones is 1. The second kappa shape index (κ2) is 13.2. The average Bonchev–Trinajstić information content (AvgIpc) is 3.57. The topological polar surface area (TPSA) is 101 Å². The molecule has 0 saturated heterocycles. The Balaban J connectivity index is 1.21. The van der Waals surface area contributed by atoms with Crippen LogP contribution in [0.25, 0.3) is 16.7 Å². The number of H-pyrrole nitrogens is 1. The molecule has 3 heterocycles. The van der Waals surface area contributed by atoms with Gasteiger partial charge in [0.1, 0.15) is 23.4 Å². The normalized spacial score (nSPS) is 16.6. The molecule has 7 nitrogen and oxygen atoms in total. The lowest BCUT2D eigenvalue weighted by atomic mass is 9.79. The van der Waals surface area contributed by atoms with Crippen LogP contribution in [-0.2, 0) is 23.2 Å². The number of nitrogens with one attached hydrogen (secondary N) is 1. The third-order valence-corrected chi connectivity index (χ3v) is 10.6. The fourth-order valence-corrected chi connectivity index (χ4v) is 8.16. The molecule has 2 aliphatic heterocycles. The van der Waals surface area contributed by atoms with Crippen molar-refractivity contribution in [3.63, 3.8) is 0 Å². The Morgan fingerprint density at radius 2 is 1.50 bits per heavy atom. The van der Waals surface area contributed by atoms with Crippen LogP contribution in [0.15, 0.2) is 149 Å². The van der Waals surface area contributed by atoms with Crippen molar-refractivity contribution >= 4 is 17.1 Å². The van der Waals surface area contributed by atoms with Crippen molar-refractivity contribution in [2.24, 2.45) is 10.9 Å². The highest BCUT2D eigenvalue weighted by molar-refractivity contribution is 6.09. The summed E-state index contributed by atoms with van der Waals surface area (Å²) < 4.78 is 13.4. The number of hydrogen-bond acceptors (Lipinski definition) is 6. The number of aliphatic hydroxyl groups is 1. The van der Waals surface area contributed by atoms with Crippen molar-refractivity contribution in [2.45, 2.75) is 31.3 Å². The zero-order chi connectivity index (χ0) is 35.1. The summed E-state index contributed by atoms with van der Waals surface area (Å²) in [5, 5.41) is 11.5. The Morgan fingerprint density at radius 3 is 2.19 bits per heavy atom. The molecule has 7 heteroatoms. The number of aromatic nitrogens is 2. The summed E-state index contributed by atoms with van der Waals surface area (Å²) in [6.45, 7) is 0.880. The van der Waals surface area contributed by atoms with Crippen LogP contribution in [0.1, 0.15) is 68.0 Å². The van der Waals surface area contributed by atoms with Gasteiger partial charge in [-0.25, -0.2) is 0 Å². The number of aryl methyl sites for hydroxylation is 1. The summed E-state index contributed by atoms with van der Waals surface area (Å²) in [5.74, 6) is 0.481. The second-order valence-corrected chi connectivity index (χ2v) is 13.6. The van der Waals surface area contributed by atoms with Crippen molar-refractivity contribution in [1.29, 1.82) is 0 Å². The number of benzene rings is 3. The zero-order valence-electron chi connectivity index (χ0n) is 28.6. The average molecular weight is 684 g/mol. The van der Waals surface area contributed by atoms with Crippen molar-refractivity contribution in [1.82, 2.24) is 9.97 Å². The van der Waals surface area contributed by atoms with Gasteiger partial charge in [0.05, 0.1) is 18.7 Å². The van der Waals surface area contributed by atoms with Gasteiger partial charge in [0.2, 0.25) is 0 Å². The summed E-state index contributed by atoms with van der Waals surface area (Å²) >= 11 is 0. The summed E-state index contributed by atoms with van der Waals surface area (Å²) in [4.78, 5) is 26.6. The van der Waals surface area contributed by atoms with Gasteiger partial charge >= 0.3 is 0 Å². The molecule has 9 rings (SSSR count). The minimum absolute atomic E-state index is 0.0209. The fraction of sp³-hybridized carbons (Fsp3) is 0.178. The highest BCUT2D eigenvalue weighted by Crippen LogP contribution is 2.44. The number of aliphatic hydroxyl groups excluding tert-OH is 1. The van der Waals surface area contributed by atoms with E-state index in [2.05, 4.69) is 94.9 Å². The molecule has 0 fully saturated rings. The first-order chi connectivity index (χ1) is 25.6. The van der Waals surface area contributed by atoms with E-state index in [4.69, 9.17) is 14.1 Å². The molecule has 52 heavy (non-hydrogen) atoms. The zero-order valence-corrected chi connectivity index (χ0v) is 28.6. The largest absolute Gasteiger partial charge is 0.511 e. The highest BCUT2D eigenvalue weighted by atomic mass is 16.5. The lowest BCUT2D eigenvalue weighted by molar-refractivity contribution is 0.000838. The number of aromatic amines is 1. The highest BCUT2D eigenvalue weighted by Gasteiger charge is 2.40. The molecule has 3 aromatic carbocycles. The van der Waals surface area contributed by atoms with Gasteiger partial charge in [0.15, 0.2) is 5.78 Å². The van der Waals surface area contributed by atoms with Gasteiger partial charge in [-0.05, 0) is 64.4 Å². The van der Waals surface area contributed by atoms with E-state index in [-0.39, 0.29) is 23.9 Å². The molecule has 3 aliphatic carbocycles. The monoisotopic (exact) mass is 683 g/mol. The number of Topliss-reactive ketones (excluding diaryl/α,β-unsaturated/α-hetero) is 1. The molecule has 8 bridgehead atoms. The molecule has 1 unspecified atom stereocenters. The van der Waals surface area contributed by atoms with E-state index in [1.165, 1.54) is 0 Å². The molecule has 1 atom stereocenters. The lowest BCUT2D eigenvalue weighted by Crippen LogP contribution is -2.37. The third-order valence-electron chi connectivity index (χ3n) is 10.6. The summed E-state index contributed by atoms with van der Waals surface area (Å²) in [6.07, 6.45) is 8.96. The number of nitrogens with zero attached hydrogens (tertiary/aromatic N) is 2. The molecule has 0 spiro atoms. The van der Waals surface area contributed by atoms with E-state index >= 15 is 0 Å². The quantitative estimate of drug-likeness (QED) is 0.171. The predicted octanol–water partition coefficient (Wildman–Crippen LogP) is 9.05. The summed E-state index contributed by atoms with van der Waals surface area (Å²) in [5.41, 5.74) is 9.78. The third kappa shape index (κ3) is 5.45. The van der Waals surface area contributed by atoms with E-state index in [1.54, 1.807) is 18.5 Å². The Bertz CT molecular complexity index is 2270. The summed E-state index contributed by atoms with van der Waals surface area (Å²) in [7, 11) is 0. The smallest absolute Gasteiger partial charge is 0.172 e. The number of rotatable bonds is 6. The first-order valence-electron chi connectivity index (χ1n) is 17.8. The number of allylic oxidation sites excluding steroid dienone is 1. The number of hydrogen-bond donors (Lipinski definition) is 2. The SMILES string of the molecule is O=C1CC(O)=C2c3cc4c(cc5cncc3-5)C(=NCCc3cc1c2[nH]cco3)C(COC(c1ccccc1)(c1ccccc1)c1ccccc1)CC4. The van der Waals surface area contributed by atoms with Crippen LogP contribution in [0.4, 0.5) is 0 Å². The van der Waals surface area contributed by atoms with E-state index in [1.807, 2.05) is 30.6 Å². The van der Waals surface area contributed by atoms with E-state index in [0.29, 0.717) is 42.2 Å². The van der Waals surface area contributed by atoms with Crippen LogP contribution < -0.4 is 0 Å². The van der Waals surface area contributed by atoms with Gasteiger partial charge in [0.25, 0.3) is 0 Å². The van der Waals surface area contributed by atoms with E-state index in [0.717, 1.165) is 63.1 Å². The van der Waals surface area contributed by atoms with Crippen LogP contribution in [0.2, 0.25) is 0 Å². The molecule has 5 aliphatic rings. The van der Waals surface area contributed by atoms with Crippen LogP contribution in [0, 0.1) is 5.92 Å². The molecule has 0 saturated carbocycles. The van der Waals surface area contributed by atoms with Crippen LogP contribution in [0.5, 0.6) is 0 Å². The molecule has 1 aromatic heterocycles. The van der Waals surface area contributed by atoms with Gasteiger partial charge in [-0.3, -0.25) is 14.8 Å². The van der Waals surface area contributed by atoms with E-state index < -0.39 is 5.60 Å². The molecule has 0 radical (unpaired) electrons. The van der Waals surface area contributed by atoms with Crippen LogP contribution in [-0.4, -0.2) is 39.7 Å². The Morgan fingerprint density at radius 1 is 0.808 bits per heavy atom. The van der Waals surface area contributed by atoms with Crippen molar-refractivity contribution in [3.8, 4) is 11.1 Å². The first-order valence-corrected chi connectivity index (χ1v) is 17.8. The maximum atomic E-state index is 13.4. The van der Waals surface area contributed by atoms with Crippen LogP contribution >= 0.6 is 0 Å². The molecule has 4 aromatic rings. The van der Waals surface area contributed by atoms with E-state index in [9.17, 15) is 9.90 Å². The van der Waals surface area contributed by atoms with Gasteiger partial charge in [-0.15, -0.1) is 0 Å². The minimum atomic E-state index is -0.860. The number of ether oxygens (including phenoxy) is 1. The number of carbonyl (C=O) groups is 1. The van der Waals surface area contributed by atoms with Crippen molar-refractivity contribution in [2.75, 3.05) is 13.2 Å². The van der Waals surface area contributed by atoms with Crippen molar-refractivity contribution < 1.29 is 19.1 Å². The fourth-order valence-electron chi connectivity index (χ4n) is 8.16. The Kier molecular flexibility index (Phi) is 8.13. The molecular formula is C45H37N3O4. The van der Waals surface area contributed by atoms with Gasteiger partial charge < -0.3 is 19.2 Å². The van der Waals surface area contributed by atoms with Gasteiger partial charge in [-0.2, -0.15) is 0 Å². The maximum absolute atomic E-state index is 13.4. The number of aliphatic imine (C=N–C) groups is 1. The second-order valence-electron chi connectivity index (χ2n) is 13.6. The maximum Gasteiger partial charge on any atom is 0.172 e. The Hall–Kier alpha value is -6.05. The van der Waals surface area contributed by atoms with Crippen LogP contribution in [0.3, 0.4) is 0 Å². The molecule has 256 valence electrons. The predicted molar refractivity (Wildman–Crippen MR) is 201 cm³/mol. The minimum Gasteiger partial charge on any atom is -0.511 e. The Labute approximate surface area is 302 Å². The number of fused-ring (bicyclic) bond motifs is 5.